The van der Waals surface area contributed by atoms with E-state index in [-0.39, 0.29) is 29.6 Å². The van der Waals surface area contributed by atoms with Gasteiger partial charge in [0.2, 0.25) is 11.8 Å². The minimum absolute atomic E-state index is 0.0799. The molecule has 2 N–H and O–H groups in total. The van der Waals surface area contributed by atoms with Crippen LogP contribution in [0.1, 0.15) is 11.1 Å². The van der Waals surface area contributed by atoms with Gasteiger partial charge in [-0.3, -0.25) is 9.59 Å². The van der Waals surface area contributed by atoms with Crippen LogP contribution in [0.5, 0.6) is 28.7 Å². The first-order valence-corrected chi connectivity index (χ1v) is 26.1. The zero-order valence-corrected chi connectivity index (χ0v) is 44.6. The molecule has 4 aromatic carbocycles. The lowest BCUT2D eigenvalue weighted by Crippen LogP contribution is -2.48. The van der Waals surface area contributed by atoms with Crippen LogP contribution in [0.4, 0.5) is 39.0 Å². The van der Waals surface area contributed by atoms with Gasteiger partial charge in [-0.1, -0.05) is 23.1 Å². The molecule has 12 rings (SSSR count). The number of carbonyl (C=O) groups excluding carboxylic acids is 2. The predicted octanol–water partition coefficient (Wildman–Crippen LogP) is 7.97. The SMILES string of the molecule is C=CC(=O)N1CCN(c2ccc3ncnc(Nc4ccc(Oc5cc(F)c6c(c5)nnn6C/C=C/C(=O)N5CCN(c6nc7c(Nc8ccc(Oc9ccc%10c(c9)nnn%10C)c(C)c8)ncnc7cc6OC)CC5)c(C)c4)c3n2)CC1. The monoisotopic (exact) mass is 1090 g/mol. The maximum Gasteiger partial charge on any atom is 0.246 e. The normalized spacial score (nSPS) is 13.9. The van der Waals surface area contributed by atoms with Crippen molar-refractivity contribution in [2.45, 2.75) is 20.4 Å². The molecule has 10 aromatic rings. The van der Waals surface area contributed by atoms with Gasteiger partial charge in [0.15, 0.2) is 29.0 Å². The lowest BCUT2D eigenvalue weighted by atomic mass is 10.2. The van der Waals surface area contributed by atoms with E-state index >= 15 is 4.39 Å². The lowest BCUT2D eigenvalue weighted by molar-refractivity contribution is -0.127. The first kappa shape index (κ1) is 51.4. The van der Waals surface area contributed by atoms with Crippen molar-refractivity contribution in [3.8, 4) is 28.7 Å². The summed E-state index contributed by atoms with van der Waals surface area (Å²) in [6.07, 6.45) is 7.42. The number of hydrogen-bond donors (Lipinski definition) is 2. The lowest BCUT2D eigenvalue weighted by Gasteiger charge is -2.35. The molecule has 2 saturated heterocycles. The molecule has 0 bridgehead atoms. The van der Waals surface area contributed by atoms with Crippen LogP contribution in [-0.2, 0) is 23.2 Å². The van der Waals surface area contributed by atoms with E-state index in [2.05, 4.69) is 67.6 Å². The summed E-state index contributed by atoms with van der Waals surface area (Å²) in [5.74, 6) is 4.20. The molecule has 2 amide bonds. The highest BCUT2D eigenvalue weighted by molar-refractivity contribution is 5.92. The Morgan fingerprint density at radius 1 is 0.642 bits per heavy atom. The average Bonchev–Trinajstić information content (AvgIpc) is 4.10. The zero-order chi connectivity index (χ0) is 55.7. The first-order chi connectivity index (χ1) is 39.4. The van der Waals surface area contributed by atoms with Crippen molar-refractivity contribution in [2.75, 3.05) is 79.9 Å². The first-order valence-electron chi connectivity index (χ1n) is 26.1. The topological polar surface area (TPSA) is 238 Å². The highest BCUT2D eigenvalue weighted by Gasteiger charge is 2.26. The molecule has 0 radical (unpaired) electrons. The van der Waals surface area contributed by atoms with E-state index < -0.39 is 5.82 Å². The van der Waals surface area contributed by atoms with Crippen LogP contribution in [0.15, 0.2) is 122 Å². The van der Waals surface area contributed by atoms with Gasteiger partial charge in [-0.2, -0.15) is 0 Å². The molecular weight excluding hydrogens is 1040 g/mol. The van der Waals surface area contributed by atoms with Gasteiger partial charge in [-0.25, -0.2) is 43.7 Å². The maximum atomic E-state index is 15.9. The zero-order valence-electron chi connectivity index (χ0n) is 44.6. The number of hydrogen-bond acceptors (Lipinski definition) is 19. The molecule has 0 atom stereocenters. The quantitative estimate of drug-likeness (QED) is 0.0926. The summed E-state index contributed by atoms with van der Waals surface area (Å²) in [4.78, 5) is 61.2. The largest absolute Gasteiger partial charge is 0.493 e. The van der Waals surface area contributed by atoms with Gasteiger partial charge >= 0.3 is 0 Å². The molecule has 0 aliphatic carbocycles. The number of ether oxygens (including phenoxy) is 3. The fourth-order valence-electron chi connectivity index (χ4n) is 9.93. The number of rotatable bonds is 15. The molecule has 0 unspecified atom stereocenters. The number of methoxy groups -OCH3 is 1. The fourth-order valence-corrected chi connectivity index (χ4v) is 9.93. The van der Waals surface area contributed by atoms with Gasteiger partial charge in [0.1, 0.15) is 69.1 Å². The summed E-state index contributed by atoms with van der Waals surface area (Å²) in [6.45, 7) is 11.8. The third-order valence-corrected chi connectivity index (χ3v) is 14.2. The Morgan fingerprint density at radius 2 is 1.27 bits per heavy atom. The van der Waals surface area contributed by atoms with E-state index in [0.717, 1.165) is 39.4 Å². The van der Waals surface area contributed by atoms with Crippen molar-refractivity contribution in [2.24, 2.45) is 7.05 Å². The van der Waals surface area contributed by atoms with Gasteiger partial charge in [-0.05, 0) is 91.7 Å². The summed E-state index contributed by atoms with van der Waals surface area (Å²) in [5.41, 5.74) is 7.74. The molecule has 6 aromatic heterocycles. The van der Waals surface area contributed by atoms with E-state index in [1.54, 1.807) is 39.8 Å². The van der Waals surface area contributed by atoms with Crippen LogP contribution in [-0.4, -0.2) is 141 Å². The second kappa shape index (κ2) is 21.8. The van der Waals surface area contributed by atoms with Crippen LogP contribution in [0, 0.1) is 19.7 Å². The second-order valence-electron chi connectivity index (χ2n) is 19.4. The Morgan fingerprint density at radius 3 is 1.95 bits per heavy atom. The number of nitrogens with zero attached hydrogens (tertiary/aromatic N) is 16. The standard InChI is InChI=1S/C57H53FN18O5/c1-6-50(77)73-20-18-72(19-21-73)49-16-12-41-52(65-49)55(61-32-59-41)63-36-10-15-47(35(3)27-36)81-39-28-40(58)54-44(30-39)68-70-76(54)17-7-8-51(78)74-22-24-75(25-23-74)57-48(79-5)31-43-53(66-57)56(62-33-60-43)64-37-9-14-46(34(2)26-37)80-38-11-13-45-42(29-38)67-69-71(45)4/h6-16,26-33H,1,17-25H2,2-5H3,(H,59,61,63)(H,60,62,64)/b8-7+. The number of anilines is 6. The van der Waals surface area contributed by atoms with E-state index in [4.69, 9.17) is 24.2 Å². The molecule has 408 valence electrons. The van der Waals surface area contributed by atoms with Crippen LogP contribution in [0.25, 0.3) is 44.1 Å². The van der Waals surface area contributed by atoms with Gasteiger partial charge in [0, 0.05) is 101 Å². The van der Waals surface area contributed by atoms with Crippen molar-refractivity contribution in [1.29, 1.82) is 0 Å². The van der Waals surface area contributed by atoms with E-state index in [1.165, 1.54) is 35.6 Å². The van der Waals surface area contributed by atoms with Crippen molar-refractivity contribution < 1.29 is 28.2 Å². The number of allylic oxidation sites excluding steroid dienone is 1. The molecule has 2 aliphatic rings. The van der Waals surface area contributed by atoms with E-state index in [1.807, 2.05) is 87.6 Å². The maximum absolute atomic E-state index is 15.9. The molecule has 23 nitrogen and oxygen atoms in total. The number of nitrogens with one attached hydrogen (secondary N) is 2. The number of aryl methyl sites for hydroxylation is 3. The van der Waals surface area contributed by atoms with Gasteiger partial charge in [0.25, 0.3) is 0 Å². The Labute approximate surface area is 462 Å². The van der Waals surface area contributed by atoms with Crippen molar-refractivity contribution >= 4 is 90.6 Å². The number of benzene rings is 4. The van der Waals surface area contributed by atoms with Crippen molar-refractivity contribution in [3.05, 3.63) is 139 Å². The number of piperazine rings is 2. The number of pyridine rings is 2. The number of fused-ring (bicyclic) bond motifs is 4. The van der Waals surface area contributed by atoms with Crippen LogP contribution in [0.2, 0.25) is 0 Å². The summed E-state index contributed by atoms with van der Waals surface area (Å²) in [7, 11) is 3.43. The van der Waals surface area contributed by atoms with Gasteiger partial charge in [0.05, 0.1) is 30.2 Å². The van der Waals surface area contributed by atoms with Gasteiger partial charge in [-0.15, -0.1) is 10.2 Å². The number of aromatic nitrogens is 12. The molecule has 0 spiro atoms. The highest BCUT2D eigenvalue weighted by atomic mass is 19.1. The summed E-state index contributed by atoms with van der Waals surface area (Å²) >= 11 is 0. The number of halogens is 1. The third kappa shape index (κ3) is 10.6. The molecule has 24 heteroatoms. The van der Waals surface area contributed by atoms with Crippen molar-refractivity contribution in [1.82, 2.24) is 69.7 Å². The fraction of sp³-hybridized carbons (Fsp3) is 0.228. The number of carbonyl (C=O) groups is 2. The molecule has 0 saturated carbocycles. The number of amides is 2. The minimum Gasteiger partial charge on any atom is -0.493 e. The molecule has 2 fully saturated rings. The molecule has 8 heterocycles. The van der Waals surface area contributed by atoms with Crippen molar-refractivity contribution in [3.63, 3.8) is 0 Å². The summed E-state index contributed by atoms with van der Waals surface area (Å²) in [6, 6.07) is 25.6. The highest BCUT2D eigenvalue weighted by Crippen LogP contribution is 2.36. The average molecular weight is 1090 g/mol. The summed E-state index contributed by atoms with van der Waals surface area (Å²) < 4.78 is 37.2. The van der Waals surface area contributed by atoms with Crippen LogP contribution in [0.3, 0.4) is 0 Å². The Kier molecular flexibility index (Phi) is 13.8. The second-order valence-corrected chi connectivity index (χ2v) is 19.4. The van der Waals surface area contributed by atoms with E-state index in [0.29, 0.717) is 120 Å². The van der Waals surface area contributed by atoms with Crippen LogP contribution < -0.4 is 34.6 Å². The predicted molar refractivity (Wildman–Crippen MR) is 303 cm³/mol. The molecular formula is C57H53FN18O5. The summed E-state index contributed by atoms with van der Waals surface area (Å²) in [5, 5.41) is 23.5. The van der Waals surface area contributed by atoms with Crippen LogP contribution >= 0.6 is 0 Å². The molecule has 2 aliphatic heterocycles. The third-order valence-electron chi connectivity index (χ3n) is 14.2. The molecule has 81 heavy (non-hydrogen) atoms. The van der Waals surface area contributed by atoms with E-state index in [9.17, 15) is 9.59 Å². The van der Waals surface area contributed by atoms with Gasteiger partial charge < -0.3 is 44.4 Å². The minimum atomic E-state index is -0.578. The Bertz CT molecular complexity index is 4110. The smallest absolute Gasteiger partial charge is 0.246 e. The Balaban J connectivity index is 0.656. The Hall–Kier alpha value is -10.4.